The molecule has 0 aromatic heterocycles. The molecular weight excluding hydrogens is 526 g/mol. The zero-order valence-electron chi connectivity index (χ0n) is 22.0. The van der Waals surface area contributed by atoms with Crippen LogP contribution in [0.3, 0.4) is 0 Å². The minimum Gasteiger partial charge on any atom is -0.478 e. The highest BCUT2D eigenvalue weighted by Crippen LogP contribution is 2.26. The molecule has 4 rings (SSSR count). The monoisotopic (exact) mass is 554 g/mol. The van der Waals surface area contributed by atoms with E-state index >= 15 is 4.39 Å². The van der Waals surface area contributed by atoms with Crippen molar-refractivity contribution in [3.8, 4) is 17.6 Å². The first-order chi connectivity index (χ1) is 19.1. The van der Waals surface area contributed by atoms with E-state index in [0.29, 0.717) is 10.8 Å². The van der Waals surface area contributed by atoms with Crippen molar-refractivity contribution < 1.29 is 31.1 Å². The van der Waals surface area contributed by atoms with Gasteiger partial charge in [0.25, 0.3) is 0 Å². The summed E-state index contributed by atoms with van der Waals surface area (Å²) in [6.07, 6.45) is 1.65. The van der Waals surface area contributed by atoms with E-state index in [0.717, 1.165) is 37.0 Å². The highest BCUT2D eigenvalue weighted by Gasteiger charge is 2.29. The van der Waals surface area contributed by atoms with Gasteiger partial charge in [0.2, 0.25) is 0 Å². The van der Waals surface area contributed by atoms with E-state index in [2.05, 4.69) is 47.8 Å². The van der Waals surface area contributed by atoms with Gasteiger partial charge in [-0.25, -0.2) is 13.2 Å². The van der Waals surface area contributed by atoms with Crippen molar-refractivity contribution >= 4 is 10.8 Å². The summed E-state index contributed by atoms with van der Waals surface area (Å²) in [5, 5.41) is 1.07. The van der Waals surface area contributed by atoms with Gasteiger partial charge in [0.1, 0.15) is 5.82 Å². The van der Waals surface area contributed by atoms with Gasteiger partial charge in [-0.1, -0.05) is 80.1 Å². The first-order valence-electron chi connectivity index (χ1n) is 13.1. The highest BCUT2D eigenvalue weighted by atomic mass is 19.4. The molecule has 0 saturated carbocycles. The molecule has 4 aromatic carbocycles. The van der Waals surface area contributed by atoms with Crippen molar-refractivity contribution in [3.63, 3.8) is 0 Å². The second kappa shape index (κ2) is 13.0. The second-order valence-corrected chi connectivity index (χ2v) is 9.68. The van der Waals surface area contributed by atoms with Gasteiger partial charge in [-0.3, -0.25) is 0 Å². The summed E-state index contributed by atoms with van der Waals surface area (Å²) in [6.45, 7) is 0.362. The van der Waals surface area contributed by atoms with Crippen LogP contribution in [0.15, 0.2) is 66.7 Å². The SMILES string of the molecule is CCCCCc1ccc(CCc2ccc3c(F)c(C#Cc4cc(F)c(OCC(F)(F)F)c(F)c4)ccc3c2)cc1. The van der Waals surface area contributed by atoms with Gasteiger partial charge >= 0.3 is 6.18 Å². The normalized spacial score (nSPS) is 11.4. The molecule has 0 bridgehead atoms. The summed E-state index contributed by atoms with van der Waals surface area (Å²) in [7, 11) is 0. The third kappa shape index (κ3) is 7.81. The van der Waals surface area contributed by atoms with E-state index in [4.69, 9.17) is 0 Å². The van der Waals surface area contributed by atoms with Crippen LogP contribution in [-0.4, -0.2) is 12.8 Å². The maximum Gasteiger partial charge on any atom is 0.422 e. The van der Waals surface area contributed by atoms with E-state index in [1.807, 2.05) is 12.1 Å². The summed E-state index contributed by atoms with van der Waals surface area (Å²) in [4.78, 5) is 0. The number of hydrogen-bond acceptors (Lipinski definition) is 1. The number of benzene rings is 4. The van der Waals surface area contributed by atoms with Gasteiger partial charge in [-0.15, -0.1) is 0 Å². The Kier molecular flexibility index (Phi) is 9.42. The third-order valence-corrected chi connectivity index (χ3v) is 6.53. The van der Waals surface area contributed by atoms with Gasteiger partial charge in [0.15, 0.2) is 24.0 Å². The summed E-state index contributed by atoms with van der Waals surface area (Å²) in [6, 6.07) is 18.9. The fraction of sp³-hybridized carbons (Fsp3) is 0.273. The van der Waals surface area contributed by atoms with E-state index < -0.39 is 36.0 Å². The molecule has 4 aromatic rings. The second-order valence-electron chi connectivity index (χ2n) is 9.68. The Morgan fingerprint density at radius 2 is 1.32 bits per heavy atom. The lowest BCUT2D eigenvalue weighted by molar-refractivity contribution is -0.154. The Hall–Kier alpha value is -3.92. The molecule has 0 aliphatic rings. The van der Waals surface area contributed by atoms with Crippen LogP contribution < -0.4 is 4.74 Å². The maximum atomic E-state index is 15.2. The van der Waals surface area contributed by atoms with E-state index in [1.54, 1.807) is 12.1 Å². The summed E-state index contributed by atoms with van der Waals surface area (Å²) in [5.41, 5.74) is 3.51. The third-order valence-electron chi connectivity index (χ3n) is 6.53. The molecule has 40 heavy (non-hydrogen) atoms. The minimum atomic E-state index is -4.74. The molecule has 0 aliphatic carbocycles. The van der Waals surface area contributed by atoms with Crippen LogP contribution in [0.2, 0.25) is 0 Å². The van der Waals surface area contributed by atoms with Gasteiger partial charge in [-0.05, 0) is 66.0 Å². The number of rotatable bonds is 9. The maximum absolute atomic E-state index is 15.2. The van der Waals surface area contributed by atoms with Crippen LogP contribution in [0.4, 0.5) is 26.3 Å². The van der Waals surface area contributed by atoms with Crippen molar-refractivity contribution in [2.75, 3.05) is 6.61 Å². The predicted octanol–water partition coefficient (Wildman–Crippen LogP) is 9.12. The van der Waals surface area contributed by atoms with Crippen LogP contribution in [0.25, 0.3) is 10.8 Å². The average Bonchev–Trinajstić information content (AvgIpc) is 2.91. The molecular formula is C33H28F6O. The molecule has 1 nitrogen and oxygen atoms in total. The number of fused-ring (bicyclic) bond motifs is 1. The van der Waals surface area contributed by atoms with Crippen molar-refractivity contribution in [3.05, 3.63) is 112 Å². The zero-order valence-corrected chi connectivity index (χ0v) is 22.0. The van der Waals surface area contributed by atoms with Gasteiger partial charge < -0.3 is 4.74 Å². The largest absolute Gasteiger partial charge is 0.478 e. The van der Waals surface area contributed by atoms with E-state index in [1.165, 1.54) is 36.5 Å². The summed E-state index contributed by atoms with van der Waals surface area (Å²) >= 11 is 0. The number of alkyl halides is 3. The Morgan fingerprint density at radius 3 is 1.98 bits per heavy atom. The Morgan fingerprint density at radius 1 is 0.700 bits per heavy atom. The molecule has 0 radical (unpaired) electrons. The fourth-order valence-electron chi connectivity index (χ4n) is 4.40. The van der Waals surface area contributed by atoms with Crippen LogP contribution in [0.1, 0.15) is 54.0 Å². The molecule has 0 spiro atoms. The standard InChI is InChI=1S/C33H28F6O/c1-2-3-4-5-22-6-8-23(9-7-22)10-11-24-13-17-28-27(18-24)16-15-26(31(28)36)14-12-25-19-29(34)32(30(35)20-25)40-21-33(37,38)39/h6-9,13,15-20H,2-5,10-11,21H2,1H3. The van der Waals surface area contributed by atoms with Crippen molar-refractivity contribution in [2.45, 2.75) is 51.6 Å². The van der Waals surface area contributed by atoms with Gasteiger partial charge in [-0.2, -0.15) is 13.2 Å². The Bertz CT molecular complexity index is 1500. The van der Waals surface area contributed by atoms with Crippen molar-refractivity contribution in [1.82, 2.24) is 0 Å². The Balaban J connectivity index is 1.44. The molecule has 0 heterocycles. The van der Waals surface area contributed by atoms with Crippen LogP contribution >= 0.6 is 0 Å². The minimum absolute atomic E-state index is 0.0255. The van der Waals surface area contributed by atoms with Crippen molar-refractivity contribution in [2.24, 2.45) is 0 Å². The molecule has 0 unspecified atom stereocenters. The molecule has 0 fully saturated rings. The quantitative estimate of drug-likeness (QED) is 0.114. The van der Waals surface area contributed by atoms with Crippen LogP contribution in [-0.2, 0) is 19.3 Å². The summed E-state index contributed by atoms with van der Waals surface area (Å²) in [5.74, 6) is 0.649. The zero-order chi connectivity index (χ0) is 28.7. The fourth-order valence-corrected chi connectivity index (χ4v) is 4.40. The predicted molar refractivity (Wildman–Crippen MR) is 145 cm³/mol. The number of aryl methyl sites for hydroxylation is 3. The van der Waals surface area contributed by atoms with Crippen molar-refractivity contribution in [1.29, 1.82) is 0 Å². The molecule has 0 atom stereocenters. The lowest BCUT2D eigenvalue weighted by Gasteiger charge is -2.10. The summed E-state index contributed by atoms with van der Waals surface area (Å²) < 4.78 is 84.5. The highest BCUT2D eigenvalue weighted by molar-refractivity contribution is 5.85. The molecule has 0 aliphatic heterocycles. The Labute approximate surface area is 229 Å². The first-order valence-corrected chi connectivity index (χ1v) is 13.1. The number of ether oxygens (including phenoxy) is 1. The van der Waals surface area contributed by atoms with Gasteiger partial charge in [0, 0.05) is 10.9 Å². The van der Waals surface area contributed by atoms with Crippen LogP contribution in [0.5, 0.6) is 5.75 Å². The topological polar surface area (TPSA) is 9.23 Å². The molecule has 7 heteroatoms. The van der Waals surface area contributed by atoms with E-state index in [9.17, 15) is 22.0 Å². The average molecular weight is 555 g/mol. The van der Waals surface area contributed by atoms with E-state index in [-0.39, 0.29) is 11.1 Å². The molecule has 208 valence electrons. The number of hydrogen-bond donors (Lipinski definition) is 0. The lowest BCUT2D eigenvalue weighted by Crippen LogP contribution is -2.20. The smallest absolute Gasteiger partial charge is 0.422 e. The number of unbranched alkanes of at least 4 members (excludes halogenated alkanes) is 2. The molecule has 0 N–H and O–H groups in total. The van der Waals surface area contributed by atoms with Gasteiger partial charge in [0.05, 0.1) is 5.56 Å². The molecule has 0 amide bonds. The number of halogens is 6. The van der Waals surface area contributed by atoms with Crippen LogP contribution in [0, 0.1) is 29.3 Å². The first kappa shape index (κ1) is 29.1. The lowest BCUT2D eigenvalue weighted by atomic mass is 9.98. The molecule has 0 saturated heterocycles.